The second-order valence-corrected chi connectivity index (χ2v) is 5.54. The van der Waals surface area contributed by atoms with Crippen LogP contribution in [0, 0.1) is 5.82 Å². The molecule has 1 aliphatic carbocycles. The standard InChI is InChI=1S/C19H14FNO/c20-16-7-3-1-5-12(16)11-13-9-10-15-14-6-2-4-8-17(14)21-18(15)19(13)22/h1-8,11,21H,9-10H2/b13-11-. The molecule has 0 amide bonds. The number of aromatic amines is 1. The maximum Gasteiger partial charge on any atom is 0.205 e. The summed E-state index contributed by atoms with van der Waals surface area (Å²) in [5.41, 5.74) is 3.82. The third kappa shape index (κ3) is 1.98. The van der Waals surface area contributed by atoms with Gasteiger partial charge in [0.1, 0.15) is 5.82 Å². The van der Waals surface area contributed by atoms with Crippen molar-refractivity contribution in [3.05, 3.63) is 76.7 Å². The van der Waals surface area contributed by atoms with Gasteiger partial charge in [-0.25, -0.2) is 4.39 Å². The highest BCUT2D eigenvalue weighted by Crippen LogP contribution is 2.32. The van der Waals surface area contributed by atoms with Crippen molar-refractivity contribution in [2.45, 2.75) is 12.8 Å². The van der Waals surface area contributed by atoms with Gasteiger partial charge in [0.25, 0.3) is 0 Å². The van der Waals surface area contributed by atoms with Gasteiger partial charge in [0, 0.05) is 22.0 Å². The van der Waals surface area contributed by atoms with E-state index in [-0.39, 0.29) is 11.6 Å². The molecule has 0 fully saturated rings. The van der Waals surface area contributed by atoms with E-state index in [4.69, 9.17) is 0 Å². The SMILES string of the molecule is O=C1/C(=C\c2ccccc2F)CCc2c1[nH]c1ccccc21. The van der Waals surface area contributed by atoms with Crippen molar-refractivity contribution in [3.8, 4) is 0 Å². The molecule has 2 aromatic carbocycles. The lowest BCUT2D eigenvalue weighted by molar-refractivity contribution is 0.102. The number of carbonyl (C=O) groups is 1. The van der Waals surface area contributed by atoms with Crippen molar-refractivity contribution in [2.75, 3.05) is 0 Å². The monoisotopic (exact) mass is 291 g/mol. The Labute approximate surface area is 127 Å². The fraction of sp³-hybridized carbons (Fsp3) is 0.105. The van der Waals surface area contributed by atoms with Gasteiger partial charge in [-0.1, -0.05) is 36.4 Å². The van der Waals surface area contributed by atoms with Crippen LogP contribution >= 0.6 is 0 Å². The molecular formula is C19H14FNO. The predicted molar refractivity (Wildman–Crippen MR) is 85.3 cm³/mol. The summed E-state index contributed by atoms with van der Waals surface area (Å²) < 4.78 is 13.8. The maximum absolute atomic E-state index is 13.8. The molecule has 1 N–H and O–H groups in total. The van der Waals surface area contributed by atoms with Gasteiger partial charge in [0.05, 0.1) is 5.69 Å². The van der Waals surface area contributed by atoms with E-state index < -0.39 is 0 Å². The van der Waals surface area contributed by atoms with Crippen LogP contribution in [0.15, 0.2) is 54.1 Å². The third-order valence-corrected chi connectivity index (χ3v) is 4.21. The van der Waals surface area contributed by atoms with Crippen LogP contribution in [0.4, 0.5) is 4.39 Å². The summed E-state index contributed by atoms with van der Waals surface area (Å²) in [5.74, 6) is -0.328. The Morgan fingerprint density at radius 1 is 1.00 bits per heavy atom. The number of carbonyl (C=O) groups excluding carboxylic acids is 1. The van der Waals surface area contributed by atoms with E-state index in [0.29, 0.717) is 23.3 Å². The Morgan fingerprint density at radius 2 is 1.77 bits per heavy atom. The number of rotatable bonds is 1. The summed E-state index contributed by atoms with van der Waals surface area (Å²) in [6.45, 7) is 0. The van der Waals surface area contributed by atoms with Crippen molar-refractivity contribution in [3.63, 3.8) is 0 Å². The van der Waals surface area contributed by atoms with E-state index in [2.05, 4.69) is 4.98 Å². The van der Waals surface area contributed by atoms with Crippen LogP contribution in [-0.4, -0.2) is 10.8 Å². The van der Waals surface area contributed by atoms with Crippen LogP contribution < -0.4 is 0 Å². The molecule has 0 aliphatic heterocycles. The average Bonchev–Trinajstić information content (AvgIpc) is 2.92. The molecule has 4 rings (SSSR count). The van der Waals surface area contributed by atoms with Crippen molar-refractivity contribution < 1.29 is 9.18 Å². The van der Waals surface area contributed by atoms with E-state index in [1.54, 1.807) is 24.3 Å². The first kappa shape index (κ1) is 13.0. The number of H-pyrrole nitrogens is 1. The molecule has 0 bridgehead atoms. The molecule has 2 nitrogen and oxygen atoms in total. The lowest BCUT2D eigenvalue weighted by Crippen LogP contribution is -2.13. The quantitative estimate of drug-likeness (QED) is 0.657. The molecule has 1 aliphatic rings. The lowest BCUT2D eigenvalue weighted by Gasteiger charge is -2.14. The van der Waals surface area contributed by atoms with Crippen LogP contribution in [0.3, 0.4) is 0 Å². The number of aryl methyl sites for hydroxylation is 1. The van der Waals surface area contributed by atoms with E-state index in [1.807, 2.05) is 24.3 Å². The molecule has 0 saturated heterocycles. The van der Waals surface area contributed by atoms with Crippen LogP contribution in [0.5, 0.6) is 0 Å². The molecular weight excluding hydrogens is 277 g/mol. The number of aromatic nitrogens is 1. The number of fused-ring (bicyclic) bond motifs is 3. The first-order valence-electron chi connectivity index (χ1n) is 7.33. The van der Waals surface area contributed by atoms with Gasteiger partial charge in [-0.2, -0.15) is 0 Å². The summed E-state index contributed by atoms with van der Waals surface area (Å²) in [4.78, 5) is 15.9. The molecule has 1 aromatic heterocycles. The smallest absolute Gasteiger partial charge is 0.205 e. The van der Waals surface area contributed by atoms with Crippen molar-refractivity contribution in [1.29, 1.82) is 0 Å². The highest BCUT2D eigenvalue weighted by Gasteiger charge is 2.25. The minimum atomic E-state index is -0.301. The van der Waals surface area contributed by atoms with Gasteiger partial charge in [0.2, 0.25) is 5.78 Å². The molecule has 3 heteroatoms. The summed E-state index contributed by atoms with van der Waals surface area (Å²) in [6.07, 6.45) is 3.11. The van der Waals surface area contributed by atoms with Crippen LogP contribution in [0.1, 0.15) is 28.0 Å². The largest absolute Gasteiger partial charge is 0.352 e. The topological polar surface area (TPSA) is 32.9 Å². The summed E-state index contributed by atoms with van der Waals surface area (Å²) in [6, 6.07) is 14.5. The van der Waals surface area contributed by atoms with Gasteiger partial charge < -0.3 is 4.98 Å². The number of Topliss-reactive ketones (excluding diaryl/α,β-unsaturated/α-hetero) is 1. The number of allylic oxidation sites excluding steroid dienone is 1. The first-order valence-corrected chi connectivity index (χ1v) is 7.33. The van der Waals surface area contributed by atoms with Crippen LogP contribution in [0.2, 0.25) is 0 Å². The van der Waals surface area contributed by atoms with Gasteiger partial charge in [-0.3, -0.25) is 4.79 Å². The van der Waals surface area contributed by atoms with E-state index in [1.165, 1.54) is 6.07 Å². The molecule has 0 atom stereocenters. The Kier molecular flexibility index (Phi) is 2.93. The summed E-state index contributed by atoms with van der Waals surface area (Å²) in [7, 11) is 0. The zero-order chi connectivity index (χ0) is 15.1. The Hall–Kier alpha value is -2.68. The number of hydrogen-bond donors (Lipinski definition) is 1. The van der Waals surface area contributed by atoms with Gasteiger partial charge >= 0.3 is 0 Å². The van der Waals surface area contributed by atoms with Crippen LogP contribution in [-0.2, 0) is 6.42 Å². The normalized spacial score (nSPS) is 16.2. The molecule has 0 saturated carbocycles. The molecule has 3 aromatic rings. The van der Waals surface area contributed by atoms with E-state index in [0.717, 1.165) is 22.9 Å². The zero-order valence-corrected chi connectivity index (χ0v) is 11.9. The molecule has 22 heavy (non-hydrogen) atoms. The van der Waals surface area contributed by atoms with Crippen molar-refractivity contribution in [2.24, 2.45) is 0 Å². The number of ketones is 1. The minimum Gasteiger partial charge on any atom is -0.352 e. The molecule has 108 valence electrons. The highest BCUT2D eigenvalue weighted by molar-refractivity contribution is 6.15. The Bertz CT molecular complexity index is 920. The fourth-order valence-corrected chi connectivity index (χ4v) is 3.10. The van der Waals surface area contributed by atoms with Crippen molar-refractivity contribution >= 4 is 22.8 Å². The molecule has 0 unspecified atom stereocenters. The summed E-state index contributed by atoms with van der Waals surface area (Å²) >= 11 is 0. The second kappa shape index (κ2) is 4.95. The second-order valence-electron chi connectivity index (χ2n) is 5.54. The van der Waals surface area contributed by atoms with Crippen LogP contribution in [0.25, 0.3) is 17.0 Å². The predicted octanol–water partition coefficient (Wildman–Crippen LogP) is 4.52. The molecule has 0 spiro atoms. The average molecular weight is 291 g/mol. The van der Waals surface area contributed by atoms with Gasteiger partial charge in [-0.15, -0.1) is 0 Å². The van der Waals surface area contributed by atoms with Crippen molar-refractivity contribution in [1.82, 2.24) is 4.98 Å². The number of hydrogen-bond acceptors (Lipinski definition) is 1. The minimum absolute atomic E-state index is 0.0271. The summed E-state index contributed by atoms with van der Waals surface area (Å²) in [5, 5.41) is 1.11. The lowest BCUT2D eigenvalue weighted by atomic mass is 9.89. The number of nitrogens with one attached hydrogen (secondary N) is 1. The first-order chi connectivity index (χ1) is 10.7. The Morgan fingerprint density at radius 3 is 2.64 bits per heavy atom. The van der Waals surface area contributed by atoms with Gasteiger partial charge in [0.15, 0.2) is 0 Å². The van der Waals surface area contributed by atoms with Gasteiger partial charge in [-0.05, 0) is 36.6 Å². The fourth-order valence-electron chi connectivity index (χ4n) is 3.10. The number of benzene rings is 2. The zero-order valence-electron chi connectivity index (χ0n) is 11.9. The van der Waals surface area contributed by atoms with E-state index in [9.17, 15) is 9.18 Å². The molecule has 0 radical (unpaired) electrons. The highest BCUT2D eigenvalue weighted by atomic mass is 19.1. The van der Waals surface area contributed by atoms with E-state index >= 15 is 0 Å². The number of para-hydroxylation sites is 1. The Balaban J connectivity index is 1.81. The molecule has 1 heterocycles. The third-order valence-electron chi connectivity index (χ3n) is 4.21. The number of halogens is 1. The maximum atomic E-state index is 13.8.